The predicted octanol–water partition coefficient (Wildman–Crippen LogP) is 1.63. The van der Waals surface area contributed by atoms with Crippen molar-refractivity contribution in [3.8, 4) is 0 Å². The lowest BCUT2D eigenvalue weighted by Gasteiger charge is -2.20. The van der Waals surface area contributed by atoms with Gasteiger partial charge in [0, 0.05) is 38.8 Å². The molecular formula is C17H24N4O3. The van der Waals surface area contributed by atoms with Crippen molar-refractivity contribution in [2.24, 2.45) is 5.92 Å². The first kappa shape index (κ1) is 16.7. The number of para-hydroxylation sites is 2. The summed E-state index contributed by atoms with van der Waals surface area (Å²) in [6.45, 7) is 3.23. The van der Waals surface area contributed by atoms with Gasteiger partial charge in [-0.15, -0.1) is 0 Å². The lowest BCUT2D eigenvalue weighted by atomic mass is 10.2. The Balaban J connectivity index is 1.50. The zero-order valence-corrected chi connectivity index (χ0v) is 14.0. The molecule has 1 aliphatic carbocycles. The van der Waals surface area contributed by atoms with Gasteiger partial charge in [-0.3, -0.25) is 14.9 Å². The number of likely N-dealkylation sites (N-methyl/N-ethyl adjacent to an activating group) is 1. The van der Waals surface area contributed by atoms with E-state index in [0.717, 1.165) is 32.0 Å². The van der Waals surface area contributed by atoms with Crippen LogP contribution < -0.4 is 10.2 Å². The van der Waals surface area contributed by atoms with Crippen molar-refractivity contribution < 1.29 is 9.72 Å². The van der Waals surface area contributed by atoms with Gasteiger partial charge in [-0.2, -0.15) is 0 Å². The molecule has 3 rings (SSSR count). The zero-order valence-electron chi connectivity index (χ0n) is 14.0. The number of anilines is 1. The van der Waals surface area contributed by atoms with Crippen molar-refractivity contribution in [1.82, 2.24) is 10.2 Å². The van der Waals surface area contributed by atoms with Gasteiger partial charge in [-0.25, -0.2) is 0 Å². The molecule has 0 radical (unpaired) electrons. The fourth-order valence-corrected chi connectivity index (χ4v) is 3.30. The van der Waals surface area contributed by atoms with E-state index < -0.39 is 4.92 Å². The Bertz CT molecular complexity index is 618. The second-order valence-corrected chi connectivity index (χ2v) is 6.86. The molecule has 1 amide bonds. The van der Waals surface area contributed by atoms with E-state index >= 15 is 0 Å². The standard InChI is InChI=1S/C17H24N4O3/c1-19(15-4-2-3-5-16(15)21(23)24)12-17(22)18-14-8-9-20(11-14)10-13-6-7-13/h2-5,13-14H,6-12H2,1H3,(H,18,22)/t14-/m0/s1. The van der Waals surface area contributed by atoms with Crippen molar-refractivity contribution in [1.29, 1.82) is 0 Å². The third kappa shape index (κ3) is 4.23. The van der Waals surface area contributed by atoms with Crippen LogP contribution in [-0.2, 0) is 4.79 Å². The second kappa shape index (κ2) is 7.17. The fourth-order valence-electron chi connectivity index (χ4n) is 3.30. The minimum absolute atomic E-state index is 0.0178. The molecule has 7 nitrogen and oxygen atoms in total. The number of nitro benzene ring substituents is 1. The van der Waals surface area contributed by atoms with Crippen LogP contribution in [0.4, 0.5) is 11.4 Å². The molecule has 130 valence electrons. The summed E-state index contributed by atoms with van der Waals surface area (Å²) in [5, 5.41) is 14.2. The highest BCUT2D eigenvalue weighted by molar-refractivity contribution is 5.82. The van der Waals surface area contributed by atoms with Crippen molar-refractivity contribution in [2.45, 2.75) is 25.3 Å². The van der Waals surface area contributed by atoms with E-state index in [1.165, 1.54) is 18.9 Å². The smallest absolute Gasteiger partial charge is 0.292 e. The molecule has 2 fully saturated rings. The summed E-state index contributed by atoms with van der Waals surface area (Å²) in [6, 6.07) is 6.68. The zero-order chi connectivity index (χ0) is 17.1. The van der Waals surface area contributed by atoms with Crippen molar-refractivity contribution in [2.75, 3.05) is 38.1 Å². The van der Waals surface area contributed by atoms with Gasteiger partial charge in [-0.05, 0) is 31.2 Å². The van der Waals surface area contributed by atoms with E-state index in [0.29, 0.717) is 5.69 Å². The average molecular weight is 332 g/mol. The number of rotatable bonds is 7. The third-order valence-corrected chi connectivity index (χ3v) is 4.72. The normalized spacial score (nSPS) is 20.8. The van der Waals surface area contributed by atoms with Gasteiger partial charge in [-0.1, -0.05) is 12.1 Å². The lowest BCUT2D eigenvalue weighted by Crippen LogP contribution is -2.42. The van der Waals surface area contributed by atoms with Gasteiger partial charge < -0.3 is 15.1 Å². The second-order valence-electron chi connectivity index (χ2n) is 6.86. The van der Waals surface area contributed by atoms with Crippen LogP contribution in [0, 0.1) is 16.0 Å². The van der Waals surface area contributed by atoms with Crippen LogP contribution in [0.15, 0.2) is 24.3 Å². The summed E-state index contributed by atoms with van der Waals surface area (Å²) in [4.78, 5) is 27.0. The molecule has 0 aromatic heterocycles. The van der Waals surface area contributed by atoms with E-state index in [-0.39, 0.29) is 24.2 Å². The fraction of sp³-hybridized carbons (Fsp3) is 0.588. The van der Waals surface area contributed by atoms with Crippen molar-refractivity contribution in [3.05, 3.63) is 34.4 Å². The molecule has 1 aliphatic heterocycles. The third-order valence-electron chi connectivity index (χ3n) is 4.72. The number of nitrogens with one attached hydrogen (secondary N) is 1. The summed E-state index contributed by atoms with van der Waals surface area (Å²) in [5.74, 6) is 0.776. The molecule has 7 heteroatoms. The summed E-state index contributed by atoms with van der Waals surface area (Å²) in [6.07, 6.45) is 3.66. The molecule has 0 spiro atoms. The van der Waals surface area contributed by atoms with Gasteiger partial charge in [0.2, 0.25) is 5.91 Å². The molecule has 1 N–H and O–H groups in total. The van der Waals surface area contributed by atoms with Crippen LogP contribution >= 0.6 is 0 Å². The average Bonchev–Trinajstić information content (AvgIpc) is 3.25. The van der Waals surface area contributed by atoms with Crippen molar-refractivity contribution >= 4 is 17.3 Å². The van der Waals surface area contributed by atoms with E-state index in [1.54, 1.807) is 30.1 Å². The van der Waals surface area contributed by atoms with E-state index in [2.05, 4.69) is 10.2 Å². The molecule has 1 saturated heterocycles. The van der Waals surface area contributed by atoms with E-state index in [1.807, 2.05) is 0 Å². The topological polar surface area (TPSA) is 78.7 Å². The number of likely N-dealkylation sites (tertiary alicyclic amines) is 1. The van der Waals surface area contributed by atoms with Gasteiger partial charge in [0.25, 0.3) is 5.69 Å². The number of hydrogen-bond acceptors (Lipinski definition) is 5. The molecule has 1 aromatic rings. The number of hydrogen-bond donors (Lipinski definition) is 1. The van der Waals surface area contributed by atoms with Crippen molar-refractivity contribution in [3.63, 3.8) is 0 Å². The van der Waals surface area contributed by atoms with Crippen LogP contribution in [0.1, 0.15) is 19.3 Å². The number of carbonyl (C=O) groups excluding carboxylic acids is 1. The largest absolute Gasteiger partial charge is 0.360 e. The molecule has 2 aliphatic rings. The summed E-state index contributed by atoms with van der Waals surface area (Å²) in [5.41, 5.74) is 0.476. The van der Waals surface area contributed by atoms with Gasteiger partial charge >= 0.3 is 0 Å². The molecular weight excluding hydrogens is 308 g/mol. The van der Waals surface area contributed by atoms with Crippen LogP contribution in [0.5, 0.6) is 0 Å². The van der Waals surface area contributed by atoms with Gasteiger partial charge in [0.15, 0.2) is 0 Å². The van der Waals surface area contributed by atoms with Crippen LogP contribution in [0.2, 0.25) is 0 Å². The number of nitrogens with zero attached hydrogens (tertiary/aromatic N) is 3. The summed E-state index contributed by atoms with van der Waals surface area (Å²) < 4.78 is 0. The Hall–Kier alpha value is -2.15. The Morgan fingerprint density at radius 3 is 2.83 bits per heavy atom. The van der Waals surface area contributed by atoms with Gasteiger partial charge in [0.1, 0.15) is 5.69 Å². The maximum atomic E-state index is 12.3. The molecule has 24 heavy (non-hydrogen) atoms. The Labute approximate surface area is 141 Å². The maximum Gasteiger partial charge on any atom is 0.292 e. The molecule has 1 aromatic carbocycles. The predicted molar refractivity (Wildman–Crippen MR) is 92.1 cm³/mol. The number of benzene rings is 1. The summed E-state index contributed by atoms with van der Waals surface area (Å²) >= 11 is 0. The van der Waals surface area contributed by atoms with Crippen LogP contribution in [0.25, 0.3) is 0 Å². The first-order valence-corrected chi connectivity index (χ1v) is 8.49. The van der Waals surface area contributed by atoms with E-state index in [4.69, 9.17) is 0 Å². The lowest BCUT2D eigenvalue weighted by molar-refractivity contribution is -0.384. The highest BCUT2D eigenvalue weighted by atomic mass is 16.6. The first-order valence-electron chi connectivity index (χ1n) is 8.49. The van der Waals surface area contributed by atoms with E-state index in [9.17, 15) is 14.9 Å². The quantitative estimate of drug-likeness (QED) is 0.606. The molecule has 0 unspecified atom stereocenters. The number of nitro groups is 1. The minimum atomic E-state index is -0.420. The molecule has 0 bridgehead atoms. The SMILES string of the molecule is CN(CC(=O)N[C@H]1CCN(CC2CC2)C1)c1ccccc1[N+](=O)[O-]. The Morgan fingerprint density at radius 2 is 2.12 bits per heavy atom. The monoisotopic (exact) mass is 332 g/mol. The minimum Gasteiger partial charge on any atom is -0.360 e. The molecule has 1 heterocycles. The molecule has 1 saturated carbocycles. The maximum absolute atomic E-state index is 12.3. The summed E-state index contributed by atoms with van der Waals surface area (Å²) in [7, 11) is 1.70. The highest BCUT2D eigenvalue weighted by Crippen LogP contribution is 2.30. The number of carbonyl (C=O) groups is 1. The Kier molecular flexibility index (Phi) is 4.99. The van der Waals surface area contributed by atoms with Crippen LogP contribution in [0.3, 0.4) is 0 Å². The van der Waals surface area contributed by atoms with Gasteiger partial charge in [0.05, 0.1) is 11.5 Å². The van der Waals surface area contributed by atoms with Crippen LogP contribution in [-0.4, -0.2) is 55.0 Å². The first-order chi connectivity index (χ1) is 11.5. The molecule has 1 atom stereocenters. The Morgan fingerprint density at radius 1 is 1.38 bits per heavy atom. The number of amides is 1. The highest BCUT2D eigenvalue weighted by Gasteiger charge is 2.30.